The molecule has 1 aliphatic rings. The molecule has 0 aromatic heterocycles. The van der Waals surface area contributed by atoms with Gasteiger partial charge in [-0.05, 0) is 51.6 Å². The second-order valence-electron chi connectivity index (χ2n) is 9.94. The number of hydrogen-bond acceptors (Lipinski definition) is 4. The third kappa shape index (κ3) is 6.02. The predicted octanol–water partition coefficient (Wildman–Crippen LogP) is 7.39. The Morgan fingerprint density at radius 3 is 1.67 bits per heavy atom. The van der Waals surface area contributed by atoms with Gasteiger partial charge in [0.2, 0.25) is 0 Å². The number of carbonyl (C=O) groups is 1. The van der Waals surface area contributed by atoms with E-state index in [0.29, 0.717) is 11.3 Å². The van der Waals surface area contributed by atoms with Crippen molar-refractivity contribution < 1.29 is 9.90 Å². The van der Waals surface area contributed by atoms with Crippen LogP contribution in [0.25, 0.3) is 28.3 Å². The lowest BCUT2D eigenvalue weighted by Crippen LogP contribution is -2.25. The number of aliphatic imine (C=N–C) groups is 1. The monoisotopic (exact) mass is 547 g/mol. The summed E-state index contributed by atoms with van der Waals surface area (Å²) in [5, 5.41) is 15.4. The maximum atomic E-state index is 13.2. The molecule has 5 aromatic carbocycles. The van der Waals surface area contributed by atoms with E-state index < -0.39 is 0 Å². The second kappa shape index (κ2) is 12.4. The zero-order valence-electron chi connectivity index (χ0n) is 23.0. The van der Waals surface area contributed by atoms with Crippen LogP contribution in [-0.2, 0) is 4.79 Å². The maximum absolute atomic E-state index is 13.2. The van der Waals surface area contributed by atoms with Crippen molar-refractivity contribution in [3.8, 4) is 22.3 Å². The molecule has 1 heterocycles. The largest absolute Gasteiger partial charge is 0.394 e. The number of hydrazone groups is 1. The number of benzene rings is 5. The topological polar surface area (TPSA) is 65.3 Å². The maximum Gasteiger partial charge on any atom is 0.276 e. The lowest BCUT2D eigenvalue weighted by atomic mass is 9.98. The normalized spacial score (nSPS) is 14.1. The Hall–Kier alpha value is -5.39. The highest BCUT2D eigenvalue weighted by Crippen LogP contribution is 2.26. The predicted molar refractivity (Wildman–Crippen MR) is 171 cm³/mol. The third-order valence-electron chi connectivity index (χ3n) is 7.10. The Bertz CT molecular complexity index is 1760. The fraction of sp³-hybridized carbons (Fsp3) is 0.0541. The average Bonchev–Trinajstić information content (AvgIpc) is 3.36. The summed E-state index contributed by atoms with van der Waals surface area (Å²) >= 11 is 0. The Kier molecular flexibility index (Phi) is 7.93. The van der Waals surface area contributed by atoms with E-state index >= 15 is 0 Å². The van der Waals surface area contributed by atoms with Gasteiger partial charge in [0.25, 0.3) is 5.91 Å². The Balaban J connectivity index is 1.21. The summed E-state index contributed by atoms with van der Waals surface area (Å²) in [4.78, 5) is 17.9. The molecule has 5 nitrogen and oxygen atoms in total. The highest BCUT2D eigenvalue weighted by Gasteiger charge is 2.30. The van der Waals surface area contributed by atoms with Crippen LogP contribution in [0.2, 0.25) is 0 Å². The summed E-state index contributed by atoms with van der Waals surface area (Å²) in [5.74, 6) is -0.229. The van der Waals surface area contributed by atoms with Crippen molar-refractivity contribution in [2.45, 2.75) is 0 Å². The Morgan fingerprint density at radius 2 is 1.12 bits per heavy atom. The molecular weight excluding hydrogens is 518 g/mol. The highest BCUT2D eigenvalue weighted by molar-refractivity contribution is 6.33. The third-order valence-corrected chi connectivity index (χ3v) is 7.10. The van der Waals surface area contributed by atoms with Crippen molar-refractivity contribution in [1.82, 2.24) is 5.01 Å². The first-order valence-electron chi connectivity index (χ1n) is 13.9. The SMILES string of the molecule is O=C1/C(=C\c2ccc(-c3ccccc3)cc2)C(c2ccc(N=Cc3ccc(-c4ccccc4)cc3)cc2)=NN1CCO. The van der Waals surface area contributed by atoms with E-state index in [0.717, 1.165) is 39.1 Å². The van der Waals surface area contributed by atoms with Gasteiger partial charge in [-0.3, -0.25) is 9.79 Å². The van der Waals surface area contributed by atoms with Crippen LogP contribution in [0.4, 0.5) is 5.69 Å². The van der Waals surface area contributed by atoms with Gasteiger partial charge in [-0.25, -0.2) is 5.01 Å². The molecule has 0 radical (unpaired) electrons. The molecule has 5 heteroatoms. The quantitative estimate of drug-likeness (QED) is 0.163. The minimum absolute atomic E-state index is 0.137. The fourth-order valence-electron chi connectivity index (χ4n) is 4.87. The van der Waals surface area contributed by atoms with Crippen molar-refractivity contribution in [3.63, 3.8) is 0 Å². The van der Waals surface area contributed by atoms with Crippen LogP contribution in [-0.4, -0.2) is 41.1 Å². The van der Waals surface area contributed by atoms with Crippen LogP contribution in [0.1, 0.15) is 16.7 Å². The first-order chi connectivity index (χ1) is 20.7. The molecule has 0 saturated carbocycles. The average molecular weight is 548 g/mol. The fourth-order valence-corrected chi connectivity index (χ4v) is 4.87. The number of aliphatic hydroxyl groups is 1. The molecule has 0 aliphatic carbocycles. The molecule has 0 atom stereocenters. The van der Waals surface area contributed by atoms with Gasteiger partial charge in [-0.2, -0.15) is 5.10 Å². The van der Waals surface area contributed by atoms with Crippen LogP contribution < -0.4 is 0 Å². The van der Waals surface area contributed by atoms with Gasteiger partial charge in [0, 0.05) is 11.8 Å². The van der Waals surface area contributed by atoms with Gasteiger partial charge in [0.05, 0.1) is 24.4 Å². The molecule has 0 fully saturated rings. The number of nitrogens with zero attached hydrogens (tertiary/aromatic N) is 3. The van der Waals surface area contributed by atoms with E-state index in [4.69, 9.17) is 0 Å². The zero-order valence-corrected chi connectivity index (χ0v) is 23.0. The number of carbonyl (C=O) groups excluding carboxylic acids is 1. The van der Waals surface area contributed by atoms with E-state index in [1.54, 1.807) is 0 Å². The van der Waals surface area contributed by atoms with E-state index in [1.807, 2.05) is 97.2 Å². The summed E-state index contributed by atoms with van der Waals surface area (Å²) in [7, 11) is 0. The van der Waals surface area contributed by atoms with Crippen LogP contribution in [0.3, 0.4) is 0 Å². The molecule has 6 rings (SSSR count). The summed E-state index contributed by atoms with van der Waals surface area (Å²) in [6.45, 7) is -0.0282. The number of hydrogen-bond donors (Lipinski definition) is 1. The van der Waals surface area contributed by atoms with Gasteiger partial charge >= 0.3 is 0 Å². The molecule has 0 spiro atoms. The first kappa shape index (κ1) is 26.8. The van der Waals surface area contributed by atoms with Gasteiger partial charge in [-0.15, -0.1) is 0 Å². The van der Waals surface area contributed by atoms with Crippen LogP contribution in [0.15, 0.2) is 149 Å². The summed E-state index contributed by atoms with van der Waals surface area (Å²) < 4.78 is 0. The summed E-state index contributed by atoms with van der Waals surface area (Å²) in [5.41, 5.74) is 9.16. The zero-order chi connectivity index (χ0) is 28.7. The summed E-state index contributed by atoms with van der Waals surface area (Å²) in [6, 6.07) is 44.5. The first-order valence-corrected chi connectivity index (χ1v) is 13.9. The van der Waals surface area contributed by atoms with Crippen molar-refractivity contribution in [3.05, 3.63) is 156 Å². The molecule has 0 unspecified atom stereocenters. The van der Waals surface area contributed by atoms with E-state index in [9.17, 15) is 9.90 Å². The van der Waals surface area contributed by atoms with E-state index in [-0.39, 0.29) is 19.1 Å². The van der Waals surface area contributed by atoms with Crippen LogP contribution in [0.5, 0.6) is 0 Å². The number of amides is 1. The molecular formula is C37H29N3O2. The van der Waals surface area contributed by atoms with Gasteiger partial charge in [0.15, 0.2) is 0 Å². The molecule has 1 N–H and O–H groups in total. The minimum atomic E-state index is -0.229. The molecule has 1 aliphatic heterocycles. The van der Waals surface area contributed by atoms with Gasteiger partial charge < -0.3 is 5.11 Å². The molecule has 0 bridgehead atoms. The lowest BCUT2D eigenvalue weighted by molar-refractivity contribution is -0.126. The highest BCUT2D eigenvalue weighted by atomic mass is 16.3. The van der Waals surface area contributed by atoms with Crippen molar-refractivity contribution in [2.75, 3.05) is 13.2 Å². The minimum Gasteiger partial charge on any atom is -0.394 e. The molecule has 5 aromatic rings. The smallest absolute Gasteiger partial charge is 0.276 e. The lowest BCUT2D eigenvalue weighted by Gasteiger charge is -2.08. The van der Waals surface area contributed by atoms with Gasteiger partial charge in [-0.1, -0.05) is 121 Å². The molecule has 0 saturated heterocycles. The van der Waals surface area contributed by atoms with E-state index in [2.05, 4.69) is 58.6 Å². The standard InChI is InChI=1S/C37H29N3O2/c41-24-23-40-37(42)35(25-27-11-15-31(16-12-27)29-7-3-1-4-8-29)36(39-40)33-19-21-34(22-20-33)38-26-28-13-17-32(18-14-28)30-9-5-2-6-10-30/h1-22,25-26,41H,23-24H2/b35-25-,38-26?. The van der Waals surface area contributed by atoms with Crippen LogP contribution >= 0.6 is 0 Å². The Labute approximate surface area is 245 Å². The van der Waals surface area contributed by atoms with Crippen molar-refractivity contribution >= 4 is 29.6 Å². The molecule has 204 valence electrons. The van der Waals surface area contributed by atoms with E-state index in [1.165, 1.54) is 10.6 Å². The number of aliphatic hydroxyl groups excluding tert-OH is 1. The molecule has 1 amide bonds. The van der Waals surface area contributed by atoms with Crippen LogP contribution in [0, 0.1) is 0 Å². The molecule has 42 heavy (non-hydrogen) atoms. The summed E-state index contributed by atoms with van der Waals surface area (Å²) in [6.07, 6.45) is 3.70. The number of β-amino-alcohol motifs (C(OH)–C–C–N with tert-alkyl or cyclic N) is 1. The Morgan fingerprint density at radius 1 is 0.619 bits per heavy atom. The second-order valence-corrected chi connectivity index (χ2v) is 9.94. The number of rotatable bonds is 8. The van der Waals surface area contributed by atoms with Crippen molar-refractivity contribution in [1.29, 1.82) is 0 Å². The van der Waals surface area contributed by atoms with Gasteiger partial charge in [0.1, 0.15) is 5.71 Å². The van der Waals surface area contributed by atoms with Crippen molar-refractivity contribution in [2.24, 2.45) is 10.1 Å².